The Morgan fingerprint density at radius 2 is 2.16 bits per heavy atom. The minimum atomic E-state index is -0.773. The molecule has 0 bridgehead atoms. The zero-order chi connectivity index (χ0) is 13.7. The minimum Gasteiger partial charge on any atom is -0.461 e. The molecule has 1 fully saturated rings. The van der Waals surface area contributed by atoms with Crippen molar-refractivity contribution in [1.82, 2.24) is 0 Å². The molecular formula is C15H21NO3. The van der Waals surface area contributed by atoms with E-state index < -0.39 is 5.60 Å². The summed E-state index contributed by atoms with van der Waals surface area (Å²) >= 11 is 0. The lowest BCUT2D eigenvalue weighted by Gasteiger charge is -2.21. The van der Waals surface area contributed by atoms with Crippen LogP contribution in [-0.2, 0) is 16.1 Å². The Morgan fingerprint density at radius 3 is 2.84 bits per heavy atom. The Kier molecular flexibility index (Phi) is 4.56. The van der Waals surface area contributed by atoms with Crippen LogP contribution in [0.2, 0.25) is 0 Å². The standard InChI is InChI=1S/C15H21NO3/c16-9-8-15(18)7-6-13(10-15)14(17)19-11-12-4-2-1-3-5-12/h1-5,13,18H,6-11,16H2/t13-,15?/m1/s1. The van der Waals surface area contributed by atoms with Gasteiger partial charge in [-0.3, -0.25) is 4.79 Å². The number of hydrogen-bond acceptors (Lipinski definition) is 4. The van der Waals surface area contributed by atoms with Crippen LogP contribution in [0.3, 0.4) is 0 Å². The van der Waals surface area contributed by atoms with Crippen molar-refractivity contribution in [2.75, 3.05) is 6.54 Å². The molecule has 1 saturated carbocycles. The zero-order valence-corrected chi connectivity index (χ0v) is 11.0. The monoisotopic (exact) mass is 263 g/mol. The van der Waals surface area contributed by atoms with E-state index in [-0.39, 0.29) is 11.9 Å². The number of hydrogen-bond donors (Lipinski definition) is 2. The predicted octanol–water partition coefficient (Wildman–Crippen LogP) is 1.61. The Labute approximate surface area is 113 Å². The molecule has 0 aliphatic heterocycles. The van der Waals surface area contributed by atoms with Gasteiger partial charge in [0, 0.05) is 0 Å². The lowest BCUT2D eigenvalue weighted by Crippen LogP contribution is -2.29. The van der Waals surface area contributed by atoms with Crippen molar-refractivity contribution >= 4 is 5.97 Å². The number of carbonyl (C=O) groups is 1. The second kappa shape index (κ2) is 6.17. The molecule has 1 aromatic rings. The Hall–Kier alpha value is -1.39. The van der Waals surface area contributed by atoms with Gasteiger partial charge in [0.05, 0.1) is 11.5 Å². The van der Waals surface area contributed by atoms with Crippen molar-refractivity contribution in [3.63, 3.8) is 0 Å². The largest absolute Gasteiger partial charge is 0.461 e. The van der Waals surface area contributed by atoms with E-state index in [2.05, 4.69) is 0 Å². The van der Waals surface area contributed by atoms with Gasteiger partial charge in [-0.1, -0.05) is 30.3 Å². The quantitative estimate of drug-likeness (QED) is 0.792. The molecule has 0 heterocycles. The lowest BCUT2D eigenvalue weighted by molar-refractivity contribution is -0.150. The van der Waals surface area contributed by atoms with Gasteiger partial charge in [-0.05, 0) is 37.8 Å². The van der Waals surface area contributed by atoms with Gasteiger partial charge in [0.1, 0.15) is 6.61 Å². The number of nitrogens with two attached hydrogens (primary N) is 1. The number of rotatable bonds is 5. The lowest BCUT2D eigenvalue weighted by atomic mass is 9.96. The van der Waals surface area contributed by atoms with Crippen LogP contribution in [0, 0.1) is 5.92 Å². The highest BCUT2D eigenvalue weighted by atomic mass is 16.5. The summed E-state index contributed by atoms with van der Waals surface area (Å²) in [7, 11) is 0. The van der Waals surface area contributed by atoms with Crippen LogP contribution < -0.4 is 5.73 Å². The van der Waals surface area contributed by atoms with Gasteiger partial charge >= 0.3 is 5.97 Å². The van der Waals surface area contributed by atoms with E-state index in [0.29, 0.717) is 38.8 Å². The van der Waals surface area contributed by atoms with Crippen LogP contribution in [0.15, 0.2) is 30.3 Å². The highest BCUT2D eigenvalue weighted by Crippen LogP contribution is 2.37. The van der Waals surface area contributed by atoms with E-state index in [0.717, 1.165) is 5.56 Å². The maximum Gasteiger partial charge on any atom is 0.309 e. The number of carbonyl (C=O) groups excluding carboxylic acids is 1. The topological polar surface area (TPSA) is 72.5 Å². The number of ether oxygens (including phenoxy) is 1. The first kappa shape index (κ1) is 14.0. The third-order valence-corrected chi connectivity index (χ3v) is 3.75. The molecule has 0 amide bonds. The maximum atomic E-state index is 11.9. The van der Waals surface area contributed by atoms with Gasteiger partial charge in [0.15, 0.2) is 0 Å². The van der Waals surface area contributed by atoms with Crippen molar-refractivity contribution in [3.05, 3.63) is 35.9 Å². The van der Waals surface area contributed by atoms with Crippen LogP contribution in [0.25, 0.3) is 0 Å². The molecule has 1 aliphatic rings. The molecule has 2 atom stereocenters. The van der Waals surface area contributed by atoms with Crippen molar-refractivity contribution < 1.29 is 14.6 Å². The minimum absolute atomic E-state index is 0.194. The molecule has 1 aromatic carbocycles. The first-order valence-electron chi connectivity index (χ1n) is 6.76. The molecule has 0 aromatic heterocycles. The van der Waals surface area contributed by atoms with Crippen LogP contribution in [-0.4, -0.2) is 23.2 Å². The van der Waals surface area contributed by atoms with Crippen molar-refractivity contribution in [2.45, 2.75) is 37.9 Å². The van der Waals surface area contributed by atoms with Gasteiger partial charge in [-0.2, -0.15) is 0 Å². The normalized spacial score (nSPS) is 26.3. The molecule has 0 spiro atoms. The fraction of sp³-hybridized carbons (Fsp3) is 0.533. The van der Waals surface area contributed by atoms with Gasteiger partial charge in [-0.25, -0.2) is 0 Å². The first-order chi connectivity index (χ1) is 9.13. The first-order valence-corrected chi connectivity index (χ1v) is 6.76. The SMILES string of the molecule is NCCC1(O)CC[C@@H](C(=O)OCc2ccccc2)C1. The zero-order valence-electron chi connectivity index (χ0n) is 11.0. The number of aliphatic hydroxyl groups is 1. The van der Waals surface area contributed by atoms with Crippen molar-refractivity contribution in [3.8, 4) is 0 Å². The van der Waals surface area contributed by atoms with Crippen LogP contribution in [0.1, 0.15) is 31.2 Å². The average Bonchev–Trinajstić information content (AvgIpc) is 2.80. The summed E-state index contributed by atoms with van der Waals surface area (Å²) in [6, 6.07) is 9.60. The maximum absolute atomic E-state index is 11.9. The van der Waals surface area contributed by atoms with Crippen molar-refractivity contribution in [1.29, 1.82) is 0 Å². The number of esters is 1. The third kappa shape index (κ3) is 3.78. The summed E-state index contributed by atoms with van der Waals surface area (Å²) in [5, 5.41) is 10.2. The summed E-state index contributed by atoms with van der Waals surface area (Å²) in [4.78, 5) is 11.9. The molecule has 19 heavy (non-hydrogen) atoms. The molecule has 1 aliphatic carbocycles. The summed E-state index contributed by atoms with van der Waals surface area (Å²) in [5.74, 6) is -0.405. The van der Waals surface area contributed by atoms with Crippen LogP contribution in [0.5, 0.6) is 0 Å². The Balaban J connectivity index is 1.82. The number of benzene rings is 1. The van der Waals surface area contributed by atoms with Gasteiger partial charge in [0.2, 0.25) is 0 Å². The highest BCUT2D eigenvalue weighted by Gasteiger charge is 2.40. The van der Waals surface area contributed by atoms with E-state index in [4.69, 9.17) is 10.5 Å². The summed E-state index contributed by atoms with van der Waals surface area (Å²) in [6.07, 6.45) is 2.34. The molecule has 1 unspecified atom stereocenters. The molecule has 4 nitrogen and oxygen atoms in total. The summed E-state index contributed by atoms with van der Waals surface area (Å²) < 4.78 is 5.30. The van der Waals surface area contributed by atoms with E-state index in [1.807, 2.05) is 30.3 Å². The molecular weight excluding hydrogens is 242 g/mol. The molecule has 0 radical (unpaired) electrons. The van der Waals surface area contributed by atoms with E-state index in [9.17, 15) is 9.90 Å². The van der Waals surface area contributed by atoms with E-state index in [1.54, 1.807) is 0 Å². The van der Waals surface area contributed by atoms with Gasteiger partial charge in [-0.15, -0.1) is 0 Å². The summed E-state index contributed by atoms with van der Waals surface area (Å²) in [5.41, 5.74) is 5.68. The molecule has 2 rings (SSSR count). The van der Waals surface area contributed by atoms with E-state index >= 15 is 0 Å². The highest BCUT2D eigenvalue weighted by molar-refractivity contribution is 5.73. The Bertz CT molecular complexity index is 421. The van der Waals surface area contributed by atoms with Crippen molar-refractivity contribution in [2.24, 2.45) is 11.7 Å². The summed E-state index contributed by atoms with van der Waals surface area (Å²) in [6.45, 7) is 0.744. The smallest absolute Gasteiger partial charge is 0.309 e. The second-order valence-corrected chi connectivity index (χ2v) is 5.30. The molecule has 4 heteroatoms. The fourth-order valence-electron chi connectivity index (χ4n) is 2.65. The average molecular weight is 263 g/mol. The van der Waals surface area contributed by atoms with Gasteiger partial charge in [0.25, 0.3) is 0 Å². The molecule has 3 N–H and O–H groups in total. The van der Waals surface area contributed by atoms with Crippen LogP contribution in [0.4, 0.5) is 0 Å². The second-order valence-electron chi connectivity index (χ2n) is 5.30. The predicted molar refractivity (Wildman–Crippen MR) is 72.2 cm³/mol. The van der Waals surface area contributed by atoms with E-state index in [1.165, 1.54) is 0 Å². The molecule has 0 saturated heterocycles. The molecule has 104 valence electrons. The fourth-order valence-corrected chi connectivity index (χ4v) is 2.65. The van der Waals surface area contributed by atoms with Crippen LogP contribution >= 0.6 is 0 Å². The Morgan fingerprint density at radius 1 is 1.42 bits per heavy atom. The third-order valence-electron chi connectivity index (χ3n) is 3.75. The van der Waals surface area contributed by atoms with Gasteiger partial charge < -0.3 is 15.6 Å².